The van der Waals surface area contributed by atoms with Gasteiger partial charge in [-0.3, -0.25) is 14.4 Å². The van der Waals surface area contributed by atoms with Crippen LogP contribution < -0.4 is 0 Å². The third-order valence-corrected chi connectivity index (χ3v) is 15.6. The number of carbonyl (C=O) groups excluding carboxylic acids is 3. The largest absolute Gasteiger partial charge is 0.462 e. The quantitative estimate of drug-likeness (QED) is 0.0261. The van der Waals surface area contributed by atoms with Crippen LogP contribution in [-0.4, -0.2) is 37.2 Å². The third-order valence-electron chi connectivity index (χ3n) is 15.6. The molecule has 0 bridgehead atoms. The molecule has 0 saturated heterocycles. The average molecular weight is 1090 g/mol. The van der Waals surface area contributed by atoms with Gasteiger partial charge in [0.25, 0.3) is 0 Å². The number of unbranched alkanes of at least 4 members (excludes halogenated alkanes) is 45. The van der Waals surface area contributed by atoms with Gasteiger partial charge in [0.1, 0.15) is 13.2 Å². The normalized spacial score (nSPS) is 12.3. The Labute approximate surface area is 486 Å². The van der Waals surface area contributed by atoms with E-state index in [0.717, 1.165) is 96.3 Å². The highest BCUT2D eigenvalue weighted by Crippen LogP contribution is 2.18. The summed E-state index contributed by atoms with van der Waals surface area (Å²) in [5, 5.41) is 0. The van der Waals surface area contributed by atoms with Crippen LogP contribution >= 0.6 is 0 Å². The molecule has 0 fully saturated rings. The standard InChI is InChI=1S/C72H132O6/c1-4-7-10-13-16-19-22-25-27-29-31-32-33-34-35-36-37-38-39-41-42-44-47-50-53-56-59-62-65-71(74)77-68-69(67-76-70(73)64-61-58-55-52-49-46-24-21-18-15-12-9-6-3)78-72(75)66-63-60-57-54-51-48-45-43-40-30-28-26-23-20-17-14-11-8-5-2/h8,11,17,20,26,28,40,43,69H,4-7,9-10,12-16,18-19,21-25,27,29-39,41-42,44-68H2,1-3H3/b11-8-,20-17-,28-26-,43-40-. The lowest BCUT2D eigenvalue weighted by molar-refractivity contribution is -0.167. The molecular formula is C72H132O6. The Bertz CT molecular complexity index is 1350. The molecule has 0 heterocycles. The van der Waals surface area contributed by atoms with Crippen LogP contribution in [0.25, 0.3) is 0 Å². The second-order valence-electron chi connectivity index (χ2n) is 23.4. The first kappa shape index (κ1) is 75.4. The Kier molecular flexibility index (Phi) is 64.6. The van der Waals surface area contributed by atoms with Gasteiger partial charge in [-0.1, -0.05) is 345 Å². The molecule has 0 amide bonds. The number of ether oxygens (including phenoxy) is 3. The van der Waals surface area contributed by atoms with Gasteiger partial charge in [0, 0.05) is 19.3 Å². The molecule has 0 rings (SSSR count). The maximum atomic E-state index is 12.9. The van der Waals surface area contributed by atoms with Crippen LogP contribution in [0.4, 0.5) is 0 Å². The molecule has 78 heavy (non-hydrogen) atoms. The maximum absolute atomic E-state index is 12.9. The third kappa shape index (κ3) is 64.2. The van der Waals surface area contributed by atoms with Crippen molar-refractivity contribution in [3.8, 4) is 0 Å². The Balaban J connectivity index is 4.21. The highest BCUT2D eigenvalue weighted by atomic mass is 16.6. The van der Waals surface area contributed by atoms with Gasteiger partial charge >= 0.3 is 17.9 Å². The average Bonchev–Trinajstić information content (AvgIpc) is 3.44. The summed E-state index contributed by atoms with van der Waals surface area (Å²) in [6.45, 7) is 6.58. The molecule has 1 atom stereocenters. The molecule has 1 unspecified atom stereocenters. The molecule has 0 N–H and O–H groups in total. The van der Waals surface area contributed by atoms with Crippen molar-refractivity contribution in [3.05, 3.63) is 48.6 Å². The zero-order valence-corrected chi connectivity index (χ0v) is 52.5. The summed E-state index contributed by atoms with van der Waals surface area (Å²) in [5.41, 5.74) is 0. The van der Waals surface area contributed by atoms with Gasteiger partial charge in [0.05, 0.1) is 0 Å². The summed E-state index contributed by atoms with van der Waals surface area (Å²) < 4.78 is 17.0. The van der Waals surface area contributed by atoms with E-state index in [9.17, 15) is 14.4 Å². The topological polar surface area (TPSA) is 78.9 Å². The van der Waals surface area contributed by atoms with Gasteiger partial charge in [-0.05, 0) is 57.8 Å². The van der Waals surface area contributed by atoms with Gasteiger partial charge in [-0.25, -0.2) is 0 Å². The number of esters is 3. The lowest BCUT2D eigenvalue weighted by Crippen LogP contribution is -2.30. The molecule has 0 saturated carbocycles. The van der Waals surface area contributed by atoms with E-state index < -0.39 is 6.10 Å². The van der Waals surface area contributed by atoms with Crippen LogP contribution in [0.15, 0.2) is 48.6 Å². The van der Waals surface area contributed by atoms with Crippen LogP contribution in [0.1, 0.15) is 374 Å². The van der Waals surface area contributed by atoms with Crippen LogP contribution in [-0.2, 0) is 28.6 Å². The summed E-state index contributed by atoms with van der Waals surface area (Å²) in [7, 11) is 0. The fraction of sp³-hybridized carbons (Fsp3) is 0.847. The van der Waals surface area contributed by atoms with Crippen molar-refractivity contribution in [2.45, 2.75) is 380 Å². The molecule has 0 spiro atoms. The summed E-state index contributed by atoms with van der Waals surface area (Å²) in [5.74, 6) is -0.863. The minimum absolute atomic E-state index is 0.0740. The van der Waals surface area contributed by atoms with Crippen molar-refractivity contribution in [1.29, 1.82) is 0 Å². The van der Waals surface area contributed by atoms with E-state index in [2.05, 4.69) is 69.4 Å². The SMILES string of the molecule is CC/C=C\C/C=C\C/C=C\C/C=C\CCCCCCCCC(=O)OC(COC(=O)CCCCCCCCCCCCCCC)COC(=O)CCCCCCCCCCCCCCCCCCCCCCCCCCCCCC. The molecule has 0 aromatic rings. The first-order chi connectivity index (χ1) is 38.5. The Morgan fingerprint density at radius 1 is 0.269 bits per heavy atom. The van der Waals surface area contributed by atoms with Crippen molar-refractivity contribution in [2.75, 3.05) is 13.2 Å². The highest BCUT2D eigenvalue weighted by molar-refractivity contribution is 5.71. The van der Waals surface area contributed by atoms with Crippen molar-refractivity contribution < 1.29 is 28.6 Å². The number of allylic oxidation sites excluding steroid dienone is 8. The minimum Gasteiger partial charge on any atom is -0.462 e. The van der Waals surface area contributed by atoms with Gasteiger partial charge < -0.3 is 14.2 Å². The van der Waals surface area contributed by atoms with E-state index in [-0.39, 0.29) is 31.1 Å². The summed E-state index contributed by atoms with van der Waals surface area (Å²) in [6, 6.07) is 0. The van der Waals surface area contributed by atoms with E-state index >= 15 is 0 Å². The van der Waals surface area contributed by atoms with Crippen LogP contribution in [0.3, 0.4) is 0 Å². The molecule has 0 aromatic carbocycles. The molecule has 0 aliphatic heterocycles. The number of rotatable bonds is 64. The molecular weight excluding hydrogens is 961 g/mol. The zero-order valence-electron chi connectivity index (χ0n) is 52.5. The fourth-order valence-corrected chi connectivity index (χ4v) is 10.4. The zero-order chi connectivity index (χ0) is 56.4. The van der Waals surface area contributed by atoms with Crippen molar-refractivity contribution in [1.82, 2.24) is 0 Å². The van der Waals surface area contributed by atoms with E-state index in [1.807, 2.05) is 0 Å². The minimum atomic E-state index is -0.779. The van der Waals surface area contributed by atoms with Crippen molar-refractivity contribution >= 4 is 17.9 Å². The van der Waals surface area contributed by atoms with Crippen molar-refractivity contribution in [3.63, 3.8) is 0 Å². The van der Waals surface area contributed by atoms with Gasteiger partial charge in [0.15, 0.2) is 6.10 Å². The molecule has 0 aromatic heterocycles. The monoisotopic (exact) mass is 1090 g/mol. The molecule has 6 heteroatoms. The predicted octanol–water partition coefficient (Wildman–Crippen LogP) is 23.7. The van der Waals surface area contributed by atoms with Crippen LogP contribution in [0, 0.1) is 0 Å². The van der Waals surface area contributed by atoms with E-state index in [1.165, 1.54) is 238 Å². The first-order valence-corrected chi connectivity index (χ1v) is 34.6. The first-order valence-electron chi connectivity index (χ1n) is 34.6. The summed E-state index contributed by atoms with van der Waals surface area (Å²) in [6.07, 6.45) is 84.3. The molecule has 6 nitrogen and oxygen atoms in total. The number of hydrogen-bond acceptors (Lipinski definition) is 6. The summed E-state index contributed by atoms with van der Waals surface area (Å²) in [4.78, 5) is 38.4. The Morgan fingerprint density at radius 3 is 0.782 bits per heavy atom. The Hall–Kier alpha value is -2.63. The predicted molar refractivity (Wildman–Crippen MR) is 339 cm³/mol. The van der Waals surface area contributed by atoms with Gasteiger partial charge in [0.2, 0.25) is 0 Å². The Morgan fingerprint density at radius 2 is 0.500 bits per heavy atom. The van der Waals surface area contributed by atoms with Crippen LogP contribution in [0.2, 0.25) is 0 Å². The number of carbonyl (C=O) groups is 3. The lowest BCUT2D eigenvalue weighted by Gasteiger charge is -2.18. The maximum Gasteiger partial charge on any atom is 0.306 e. The molecule has 0 radical (unpaired) electrons. The second-order valence-corrected chi connectivity index (χ2v) is 23.4. The van der Waals surface area contributed by atoms with E-state index in [0.29, 0.717) is 19.3 Å². The van der Waals surface area contributed by atoms with Crippen LogP contribution in [0.5, 0.6) is 0 Å². The molecule has 0 aliphatic carbocycles. The van der Waals surface area contributed by atoms with E-state index in [4.69, 9.17) is 14.2 Å². The molecule has 456 valence electrons. The van der Waals surface area contributed by atoms with Gasteiger partial charge in [-0.15, -0.1) is 0 Å². The fourth-order valence-electron chi connectivity index (χ4n) is 10.4. The lowest BCUT2D eigenvalue weighted by atomic mass is 10.0. The number of hydrogen-bond donors (Lipinski definition) is 0. The highest BCUT2D eigenvalue weighted by Gasteiger charge is 2.19. The molecule has 0 aliphatic rings. The summed E-state index contributed by atoms with van der Waals surface area (Å²) >= 11 is 0. The van der Waals surface area contributed by atoms with E-state index in [1.54, 1.807) is 0 Å². The smallest absolute Gasteiger partial charge is 0.306 e. The van der Waals surface area contributed by atoms with Gasteiger partial charge in [-0.2, -0.15) is 0 Å². The van der Waals surface area contributed by atoms with Crippen molar-refractivity contribution in [2.24, 2.45) is 0 Å². The second kappa shape index (κ2) is 66.9.